The average Bonchev–Trinajstić information content (AvgIpc) is 2.92. The summed E-state index contributed by atoms with van der Waals surface area (Å²) in [5.74, 6) is -0.313. The molecule has 1 unspecified atom stereocenters. The minimum absolute atomic E-state index is 0.0477. The molecule has 0 saturated heterocycles. The molecule has 1 aromatic heterocycles. The molecule has 1 atom stereocenters. The Kier molecular flexibility index (Phi) is 4.16. The van der Waals surface area contributed by atoms with Crippen molar-refractivity contribution < 1.29 is 14.3 Å². The molecule has 2 aromatic rings. The van der Waals surface area contributed by atoms with E-state index in [1.54, 1.807) is 24.4 Å². The number of halogens is 1. The number of pyridine rings is 1. The first-order valence-electron chi connectivity index (χ1n) is 7.00. The zero-order chi connectivity index (χ0) is 16.4. The molecule has 23 heavy (non-hydrogen) atoms. The quantitative estimate of drug-likeness (QED) is 0.890. The summed E-state index contributed by atoms with van der Waals surface area (Å²) in [6, 6.07) is 8.27. The van der Waals surface area contributed by atoms with Crippen molar-refractivity contribution in [3.63, 3.8) is 0 Å². The maximum atomic E-state index is 12.2. The van der Waals surface area contributed by atoms with E-state index in [0.29, 0.717) is 18.1 Å². The van der Waals surface area contributed by atoms with Crippen molar-refractivity contribution in [2.45, 2.75) is 12.5 Å². The van der Waals surface area contributed by atoms with Crippen molar-refractivity contribution in [2.75, 3.05) is 6.61 Å². The smallest absolute Gasteiger partial charge is 0.250 e. The molecule has 1 aromatic carbocycles. The first-order valence-corrected chi connectivity index (χ1v) is 7.38. The number of benzene rings is 1. The molecule has 0 aliphatic carbocycles. The predicted octanol–water partition coefficient (Wildman–Crippen LogP) is 1.63. The van der Waals surface area contributed by atoms with Gasteiger partial charge in [-0.3, -0.25) is 9.59 Å². The van der Waals surface area contributed by atoms with Crippen LogP contribution in [0.1, 0.15) is 27.5 Å². The van der Waals surface area contributed by atoms with Gasteiger partial charge in [0.15, 0.2) is 0 Å². The maximum absolute atomic E-state index is 12.2. The summed E-state index contributed by atoms with van der Waals surface area (Å²) >= 11 is 6.13. The number of fused-ring (bicyclic) bond motifs is 1. The van der Waals surface area contributed by atoms with Crippen LogP contribution in [0.5, 0.6) is 5.88 Å². The highest BCUT2D eigenvalue weighted by molar-refractivity contribution is 6.34. The SMILES string of the molecule is NC(=O)c1cccc(CC(=O)NC2COc3ncccc32)c1Cl. The third-order valence-corrected chi connectivity index (χ3v) is 4.04. The zero-order valence-electron chi connectivity index (χ0n) is 12.1. The molecule has 3 rings (SSSR count). The molecule has 2 amide bonds. The Balaban J connectivity index is 1.72. The topological polar surface area (TPSA) is 94.3 Å². The number of nitrogens with one attached hydrogen (secondary N) is 1. The van der Waals surface area contributed by atoms with E-state index < -0.39 is 5.91 Å². The number of carbonyl (C=O) groups is 2. The Morgan fingerprint density at radius 2 is 2.17 bits per heavy atom. The zero-order valence-corrected chi connectivity index (χ0v) is 12.8. The van der Waals surface area contributed by atoms with Gasteiger partial charge in [0.25, 0.3) is 0 Å². The van der Waals surface area contributed by atoms with Gasteiger partial charge in [0.2, 0.25) is 17.7 Å². The van der Waals surface area contributed by atoms with Gasteiger partial charge in [-0.05, 0) is 23.8 Å². The fourth-order valence-corrected chi connectivity index (χ4v) is 2.77. The molecule has 3 N–H and O–H groups in total. The molecule has 1 aliphatic rings. The molecule has 6 nitrogen and oxygen atoms in total. The van der Waals surface area contributed by atoms with Gasteiger partial charge in [0.05, 0.1) is 23.0 Å². The van der Waals surface area contributed by atoms with Crippen LogP contribution in [-0.4, -0.2) is 23.4 Å². The van der Waals surface area contributed by atoms with E-state index >= 15 is 0 Å². The minimum atomic E-state index is -0.624. The summed E-state index contributed by atoms with van der Waals surface area (Å²) in [6.45, 7) is 0.340. The van der Waals surface area contributed by atoms with Crippen molar-refractivity contribution in [2.24, 2.45) is 5.73 Å². The summed E-state index contributed by atoms with van der Waals surface area (Å²) in [7, 11) is 0. The molecular formula is C16H14ClN3O3. The third-order valence-electron chi connectivity index (χ3n) is 3.59. The van der Waals surface area contributed by atoms with Crippen LogP contribution >= 0.6 is 11.6 Å². The number of ether oxygens (including phenoxy) is 1. The third kappa shape index (κ3) is 3.12. The Labute approximate surface area is 137 Å². The normalized spacial score (nSPS) is 15.6. The molecule has 7 heteroatoms. The van der Waals surface area contributed by atoms with Crippen LogP contribution in [0, 0.1) is 0 Å². The molecule has 0 saturated carbocycles. The van der Waals surface area contributed by atoms with Gasteiger partial charge in [-0.2, -0.15) is 0 Å². The fourth-order valence-electron chi connectivity index (χ4n) is 2.49. The molecule has 0 fully saturated rings. The monoisotopic (exact) mass is 331 g/mol. The van der Waals surface area contributed by atoms with Crippen LogP contribution < -0.4 is 15.8 Å². The van der Waals surface area contributed by atoms with Crippen LogP contribution in [0.25, 0.3) is 0 Å². The lowest BCUT2D eigenvalue weighted by atomic mass is 10.1. The second-order valence-electron chi connectivity index (χ2n) is 5.15. The largest absolute Gasteiger partial charge is 0.475 e. The summed E-state index contributed by atoms with van der Waals surface area (Å²) in [6.07, 6.45) is 1.68. The number of rotatable bonds is 4. The highest BCUT2D eigenvalue weighted by Gasteiger charge is 2.26. The first-order chi connectivity index (χ1) is 11.1. The van der Waals surface area contributed by atoms with E-state index in [2.05, 4.69) is 10.3 Å². The number of nitrogens with zero attached hydrogens (tertiary/aromatic N) is 1. The number of amides is 2. The van der Waals surface area contributed by atoms with Gasteiger partial charge in [-0.1, -0.05) is 23.7 Å². The molecular weight excluding hydrogens is 318 g/mol. The number of nitrogens with two attached hydrogens (primary N) is 1. The lowest BCUT2D eigenvalue weighted by Crippen LogP contribution is -2.30. The summed E-state index contributed by atoms with van der Waals surface area (Å²) in [5, 5.41) is 3.09. The predicted molar refractivity (Wildman–Crippen MR) is 84.3 cm³/mol. The van der Waals surface area contributed by atoms with E-state index in [1.165, 1.54) is 6.07 Å². The van der Waals surface area contributed by atoms with Gasteiger partial charge in [0.1, 0.15) is 6.61 Å². The Hall–Kier alpha value is -2.60. The van der Waals surface area contributed by atoms with Crippen molar-refractivity contribution >= 4 is 23.4 Å². The Morgan fingerprint density at radius 3 is 2.96 bits per heavy atom. The summed E-state index contributed by atoms with van der Waals surface area (Å²) in [4.78, 5) is 27.6. The number of hydrogen-bond acceptors (Lipinski definition) is 4. The number of hydrogen-bond donors (Lipinski definition) is 2. The molecule has 118 valence electrons. The van der Waals surface area contributed by atoms with Gasteiger partial charge in [-0.25, -0.2) is 4.98 Å². The van der Waals surface area contributed by atoms with Gasteiger partial charge < -0.3 is 15.8 Å². The Bertz CT molecular complexity index is 779. The lowest BCUT2D eigenvalue weighted by molar-refractivity contribution is -0.121. The fraction of sp³-hybridized carbons (Fsp3) is 0.188. The second-order valence-corrected chi connectivity index (χ2v) is 5.53. The van der Waals surface area contributed by atoms with Crippen LogP contribution in [0.15, 0.2) is 36.5 Å². The van der Waals surface area contributed by atoms with E-state index in [4.69, 9.17) is 22.1 Å². The highest BCUT2D eigenvalue weighted by Crippen LogP contribution is 2.29. The minimum Gasteiger partial charge on any atom is -0.475 e. The second kappa shape index (κ2) is 6.26. The van der Waals surface area contributed by atoms with Crippen molar-refractivity contribution in [1.29, 1.82) is 0 Å². The summed E-state index contributed by atoms with van der Waals surface area (Å²) < 4.78 is 5.42. The van der Waals surface area contributed by atoms with Crippen LogP contribution in [-0.2, 0) is 11.2 Å². The van der Waals surface area contributed by atoms with Gasteiger partial charge in [0, 0.05) is 11.8 Å². The van der Waals surface area contributed by atoms with Crippen LogP contribution in [0.2, 0.25) is 5.02 Å². The number of primary amides is 1. The number of carbonyl (C=O) groups excluding carboxylic acids is 2. The van der Waals surface area contributed by atoms with Crippen molar-refractivity contribution in [1.82, 2.24) is 10.3 Å². The standard InChI is InChI=1S/C16H14ClN3O3/c17-14-9(3-1-4-11(14)15(18)22)7-13(21)20-12-8-23-16-10(12)5-2-6-19-16/h1-6,12H,7-8H2,(H2,18,22)(H,20,21). The molecule has 0 bridgehead atoms. The van der Waals surface area contributed by atoms with E-state index in [9.17, 15) is 9.59 Å². The van der Waals surface area contributed by atoms with Gasteiger partial charge in [-0.15, -0.1) is 0 Å². The summed E-state index contributed by atoms with van der Waals surface area (Å²) in [5.41, 5.74) is 6.85. The lowest BCUT2D eigenvalue weighted by Gasteiger charge is -2.12. The van der Waals surface area contributed by atoms with E-state index in [0.717, 1.165) is 5.56 Å². The first kappa shape index (κ1) is 15.3. The van der Waals surface area contributed by atoms with E-state index in [1.807, 2.05) is 6.07 Å². The van der Waals surface area contributed by atoms with Crippen molar-refractivity contribution in [3.05, 3.63) is 58.2 Å². The molecule has 0 radical (unpaired) electrons. The maximum Gasteiger partial charge on any atom is 0.250 e. The molecule has 2 heterocycles. The number of aromatic nitrogens is 1. The molecule has 0 spiro atoms. The van der Waals surface area contributed by atoms with E-state index in [-0.39, 0.29) is 29.0 Å². The van der Waals surface area contributed by atoms with Crippen LogP contribution in [0.3, 0.4) is 0 Å². The van der Waals surface area contributed by atoms with Gasteiger partial charge >= 0.3 is 0 Å². The van der Waals surface area contributed by atoms with Crippen LogP contribution in [0.4, 0.5) is 0 Å². The molecule has 1 aliphatic heterocycles. The highest BCUT2D eigenvalue weighted by atomic mass is 35.5. The van der Waals surface area contributed by atoms with Crippen molar-refractivity contribution in [3.8, 4) is 5.88 Å². The average molecular weight is 332 g/mol. The Morgan fingerprint density at radius 1 is 1.35 bits per heavy atom.